The molecule has 0 spiro atoms. The van der Waals surface area contributed by atoms with Gasteiger partial charge in [-0.25, -0.2) is 0 Å². The quantitative estimate of drug-likeness (QED) is 0.494. The van der Waals surface area contributed by atoms with Gasteiger partial charge >= 0.3 is 0 Å². The molecule has 5 heteroatoms. The highest BCUT2D eigenvalue weighted by Gasteiger charge is 2.25. The zero-order valence-corrected chi connectivity index (χ0v) is 9.77. The van der Waals surface area contributed by atoms with Crippen molar-refractivity contribution in [3.05, 3.63) is 0 Å². The first-order valence-electron chi connectivity index (χ1n) is 4.83. The van der Waals surface area contributed by atoms with Crippen LogP contribution in [0, 0.1) is 5.92 Å². The molecule has 0 saturated carbocycles. The van der Waals surface area contributed by atoms with Crippen molar-refractivity contribution in [1.29, 1.82) is 0 Å². The van der Waals surface area contributed by atoms with Crippen molar-refractivity contribution < 1.29 is 0 Å². The molecule has 1 aliphatic heterocycles. The van der Waals surface area contributed by atoms with Crippen LogP contribution in [0.4, 0.5) is 0 Å². The number of piperidine rings is 1. The SMILES string of the molecule is CC1CN(C)C(C)CC1=NNC(N)=S. The van der Waals surface area contributed by atoms with Crippen LogP contribution in [0.1, 0.15) is 20.3 Å². The molecule has 0 amide bonds. The highest BCUT2D eigenvalue weighted by atomic mass is 32.1. The van der Waals surface area contributed by atoms with E-state index in [4.69, 9.17) is 18.0 Å². The smallest absolute Gasteiger partial charge is 0.184 e. The Balaban J connectivity index is 2.60. The number of nitrogens with one attached hydrogen (secondary N) is 1. The van der Waals surface area contributed by atoms with Crippen LogP contribution in [0.2, 0.25) is 0 Å². The fourth-order valence-corrected chi connectivity index (χ4v) is 1.71. The molecule has 1 aliphatic rings. The van der Waals surface area contributed by atoms with Gasteiger partial charge in [-0.1, -0.05) is 6.92 Å². The van der Waals surface area contributed by atoms with E-state index in [0.29, 0.717) is 12.0 Å². The van der Waals surface area contributed by atoms with E-state index < -0.39 is 0 Å². The standard InChI is InChI=1S/C9H18N4S/c1-6-5-13(3)7(2)4-8(6)11-12-9(10)14/h6-7H,4-5H2,1-3H3,(H3,10,12,14). The molecular weight excluding hydrogens is 196 g/mol. The van der Waals surface area contributed by atoms with Gasteiger partial charge in [-0.3, -0.25) is 5.43 Å². The second-order valence-corrected chi connectivity index (χ2v) is 4.41. The molecular formula is C9H18N4S. The summed E-state index contributed by atoms with van der Waals surface area (Å²) in [5.74, 6) is 0.470. The molecule has 3 N–H and O–H groups in total. The third-order valence-electron chi connectivity index (χ3n) is 2.70. The highest BCUT2D eigenvalue weighted by molar-refractivity contribution is 7.80. The van der Waals surface area contributed by atoms with Crippen molar-refractivity contribution in [2.45, 2.75) is 26.3 Å². The lowest BCUT2D eigenvalue weighted by Crippen LogP contribution is -2.44. The largest absolute Gasteiger partial charge is 0.375 e. The van der Waals surface area contributed by atoms with Crippen LogP contribution in [0.25, 0.3) is 0 Å². The number of thiocarbonyl (C=S) groups is 1. The molecule has 1 rings (SSSR count). The van der Waals surface area contributed by atoms with E-state index in [1.54, 1.807) is 0 Å². The second-order valence-electron chi connectivity index (χ2n) is 3.97. The number of nitrogens with zero attached hydrogens (tertiary/aromatic N) is 2. The van der Waals surface area contributed by atoms with Crippen LogP contribution < -0.4 is 11.2 Å². The number of rotatable bonds is 1. The lowest BCUT2D eigenvalue weighted by molar-refractivity contribution is 0.225. The first kappa shape index (κ1) is 11.4. The van der Waals surface area contributed by atoms with Crippen molar-refractivity contribution in [2.75, 3.05) is 13.6 Å². The number of hydrogen-bond donors (Lipinski definition) is 2. The Morgan fingerprint density at radius 1 is 1.64 bits per heavy atom. The Labute approximate surface area is 90.5 Å². The molecule has 0 aromatic rings. The van der Waals surface area contributed by atoms with Gasteiger partial charge in [0.2, 0.25) is 0 Å². The number of hydrogen-bond acceptors (Lipinski definition) is 3. The molecule has 14 heavy (non-hydrogen) atoms. The lowest BCUT2D eigenvalue weighted by atomic mass is 9.93. The zero-order chi connectivity index (χ0) is 10.7. The Kier molecular flexibility index (Phi) is 3.83. The number of likely N-dealkylation sites (tertiary alicyclic amines) is 1. The minimum absolute atomic E-state index is 0.233. The summed E-state index contributed by atoms with van der Waals surface area (Å²) in [6, 6.07) is 0.540. The molecule has 1 heterocycles. The van der Waals surface area contributed by atoms with Crippen molar-refractivity contribution in [3.8, 4) is 0 Å². The van der Waals surface area contributed by atoms with Crippen LogP contribution in [-0.2, 0) is 0 Å². The van der Waals surface area contributed by atoms with E-state index in [-0.39, 0.29) is 5.11 Å². The summed E-state index contributed by atoms with van der Waals surface area (Å²) in [5.41, 5.74) is 9.14. The van der Waals surface area contributed by atoms with E-state index in [9.17, 15) is 0 Å². The van der Waals surface area contributed by atoms with E-state index in [2.05, 4.69) is 36.3 Å². The molecule has 1 saturated heterocycles. The van der Waals surface area contributed by atoms with Crippen LogP contribution >= 0.6 is 12.2 Å². The summed E-state index contributed by atoms with van der Waals surface area (Å²) in [7, 11) is 2.14. The summed E-state index contributed by atoms with van der Waals surface area (Å²) in [5, 5.41) is 4.46. The fraction of sp³-hybridized carbons (Fsp3) is 0.778. The van der Waals surface area contributed by atoms with E-state index >= 15 is 0 Å². The Morgan fingerprint density at radius 2 is 2.29 bits per heavy atom. The molecule has 2 unspecified atom stereocenters. The van der Waals surface area contributed by atoms with Gasteiger partial charge in [-0.15, -0.1) is 0 Å². The zero-order valence-electron chi connectivity index (χ0n) is 8.95. The Hall–Kier alpha value is -0.680. The molecule has 2 atom stereocenters. The topological polar surface area (TPSA) is 53.6 Å². The van der Waals surface area contributed by atoms with Crippen LogP contribution in [0.15, 0.2) is 5.10 Å². The number of hydrazone groups is 1. The summed E-state index contributed by atoms with van der Waals surface area (Å²) in [4.78, 5) is 2.34. The van der Waals surface area contributed by atoms with Gasteiger partial charge in [0.25, 0.3) is 0 Å². The maximum Gasteiger partial charge on any atom is 0.184 e. The van der Waals surface area contributed by atoms with Gasteiger partial charge in [-0.2, -0.15) is 5.10 Å². The van der Waals surface area contributed by atoms with Gasteiger partial charge in [0.1, 0.15) is 0 Å². The lowest BCUT2D eigenvalue weighted by Gasteiger charge is -2.34. The van der Waals surface area contributed by atoms with Crippen LogP contribution in [0.3, 0.4) is 0 Å². The predicted molar refractivity (Wildman–Crippen MR) is 63.2 cm³/mol. The molecule has 0 aliphatic carbocycles. The fourth-order valence-electron chi connectivity index (χ4n) is 1.66. The second kappa shape index (κ2) is 4.70. The van der Waals surface area contributed by atoms with Gasteiger partial charge in [0.15, 0.2) is 5.11 Å². The van der Waals surface area contributed by atoms with E-state index in [1.807, 2.05) is 0 Å². The summed E-state index contributed by atoms with van der Waals surface area (Å²) in [6.07, 6.45) is 0.979. The minimum atomic E-state index is 0.233. The normalized spacial score (nSPS) is 31.8. The summed E-state index contributed by atoms with van der Waals surface area (Å²) >= 11 is 4.70. The van der Waals surface area contributed by atoms with Gasteiger partial charge < -0.3 is 10.6 Å². The van der Waals surface area contributed by atoms with E-state index in [0.717, 1.165) is 18.7 Å². The molecule has 0 aromatic carbocycles. The molecule has 0 aromatic heterocycles. The predicted octanol–water partition coefficient (Wildman–Crippen LogP) is 0.536. The summed E-state index contributed by atoms with van der Waals surface area (Å²) < 4.78 is 0. The molecule has 4 nitrogen and oxygen atoms in total. The minimum Gasteiger partial charge on any atom is -0.375 e. The van der Waals surface area contributed by atoms with Crippen molar-refractivity contribution >= 4 is 23.0 Å². The van der Waals surface area contributed by atoms with Crippen molar-refractivity contribution in [3.63, 3.8) is 0 Å². The summed E-state index contributed by atoms with van der Waals surface area (Å²) in [6.45, 7) is 5.41. The van der Waals surface area contributed by atoms with Gasteiger partial charge in [-0.05, 0) is 26.2 Å². The molecule has 0 bridgehead atoms. The van der Waals surface area contributed by atoms with Crippen molar-refractivity contribution in [1.82, 2.24) is 10.3 Å². The number of nitrogens with two attached hydrogens (primary N) is 1. The first-order chi connectivity index (χ1) is 6.50. The van der Waals surface area contributed by atoms with E-state index in [1.165, 1.54) is 0 Å². The third kappa shape index (κ3) is 2.92. The average molecular weight is 214 g/mol. The van der Waals surface area contributed by atoms with Crippen molar-refractivity contribution in [2.24, 2.45) is 16.8 Å². The van der Waals surface area contributed by atoms with Gasteiger partial charge in [0, 0.05) is 30.6 Å². The molecule has 0 radical (unpaired) electrons. The Morgan fingerprint density at radius 3 is 2.86 bits per heavy atom. The highest BCUT2D eigenvalue weighted by Crippen LogP contribution is 2.17. The average Bonchev–Trinajstić information content (AvgIpc) is 2.09. The molecule has 80 valence electrons. The first-order valence-corrected chi connectivity index (χ1v) is 5.23. The Bertz CT molecular complexity index is 251. The van der Waals surface area contributed by atoms with Gasteiger partial charge in [0.05, 0.1) is 0 Å². The molecule has 1 fully saturated rings. The van der Waals surface area contributed by atoms with Crippen LogP contribution in [0.5, 0.6) is 0 Å². The maximum absolute atomic E-state index is 5.32. The van der Waals surface area contributed by atoms with Crippen LogP contribution in [-0.4, -0.2) is 35.4 Å². The monoisotopic (exact) mass is 214 g/mol. The maximum atomic E-state index is 5.32. The third-order valence-corrected chi connectivity index (χ3v) is 2.79.